The summed E-state index contributed by atoms with van der Waals surface area (Å²) in [5.74, 6) is -2.22. The molecule has 6 heteroatoms. The molecule has 1 heterocycles. The maximum Gasteiger partial charge on any atom is 0.329 e. The Morgan fingerprint density at radius 3 is 2.57 bits per heavy atom. The summed E-state index contributed by atoms with van der Waals surface area (Å²) in [5.41, 5.74) is 0.616. The molecule has 0 aliphatic carbocycles. The molecule has 0 saturated carbocycles. The van der Waals surface area contributed by atoms with Crippen molar-refractivity contribution in [2.24, 2.45) is 5.92 Å². The lowest BCUT2D eigenvalue weighted by atomic mass is 9.96. The molecule has 0 spiro atoms. The number of esters is 1. The van der Waals surface area contributed by atoms with Gasteiger partial charge in [-0.3, -0.25) is 14.4 Å². The van der Waals surface area contributed by atoms with E-state index in [1.807, 2.05) is 0 Å². The molecule has 1 aliphatic heterocycles. The van der Waals surface area contributed by atoms with Gasteiger partial charge in [-0.25, -0.2) is 0 Å². The number of hydrogen-bond acceptors (Lipinski definition) is 6. The normalized spacial score (nSPS) is 17.7. The standard InChI is InChI=1S/C17H16O6/c1-10-8-14(19)16(17(20)23-10)13(18)7-5-11-4-6-12(21-2)9-15(11)22-3/h4-9,16H,1-3H3/b7-5+/t16-/m0/s1. The molecule has 0 saturated heterocycles. The second-order valence-electron chi connectivity index (χ2n) is 4.86. The van der Waals surface area contributed by atoms with E-state index in [1.165, 1.54) is 33.3 Å². The van der Waals surface area contributed by atoms with Crippen LogP contribution in [0.5, 0.6) is 11.5 Å². The van der Waals surface area contributed by atoms with Gasteiger partial charge >= 0.3 is 5.97 Å². The van der Waals surface area contributed by atoms with E-state index in [0.717, 1.165) is 6.08 Å². The summed E-state index contributed by atoms with van der Waals surface area (Å²) in [5, 5.41) is 0. The molecule has 1 aromatic rings. The summed E-state index contributed by atoms with van der Waals surface area (Å²) >= 11 is 0. The van der Waals surface area contributed by atoms with Gasteiger partial charge in [0.1, 0.15) is 17.3 Å². The van der Waals surface area contributed by atoms with Gasteiger partial charge in [-0.05, 0) is 31.2 Å². The fourth-order valence-corrected chi connectivity index (χ4v) is 2.13. The first-order valence-electron chi connectivity index (χ1n) is 6.84. The first-order chi connectivity index (χ1) is 11.0. The Labute approximate surface area is 133 Å². The molecule has 0 bridgehead atoms. The number of cyclic esters (lactones) is 1. The predicted molar refractivity (Wildman–Crippen MR) is 81.9 cm³/mol. The van der Waals surface area contributed by atoms with Gasteiger partial charge < -0.3 is 14.2 Å². The largest absolute Gasteiger partial charge is 0.497 e. The van der Waals surface area contributed by atoms with Crippen LogP contribution in [-0.2, 0) is 19.1 Å². The lowest BCUT2D eigenvalue weighted by Crippen LogP contribution is -2.34. The number of carbonyl (C=O) groups is 3. The van der Waals surface area contributed by atoms with E-state index < -0.39 is 23.5 Å². The summed E-state index contributed by atoms with van der Waals surface area (Å²) in [6.07, 6.45) is 3.79. The Morgan fingerprint density at radius 2 is 1.96 bits per heavy atom. The lowest BCUT2D eigenvalue weighted by molar-refractivity contribution is -0.151. The third kappa shape index (κ3) is 3.66. The molecular formula is C17H16O6. The van der Waals surface area contributed by atoms with E-state index in [2.05, 4.69) is 0 Å². The van der Waals surface area contributed by atoms with E-state index in [0.29, 0.717) is 17.1 Å². The number of carbonyl (C=O) groups excluding carboxylic acids is 3. The quantitative estimate of drug-likeness (QED) is 0.469. The molecule has 1 aromatic carbocycles. The van der Waals surface area contributed by atoms with E-state index in [1.54, 1.807) is 18.2 Å². The van der Waals surface area contributed by atoms with Crippen molar-refractivity contribution >= 4 is 23.6 Å². The van der Waals surface area contributed by atoms with Crippen molar-refractivity contribution in [3.8, 4) is 11.5 Å². The number of methoxy groups -OCH3 is 2. The molecular weight excluding hydrogens is 300 g/mol. The van der Waals surface area contributed by atoms with Gasteiger partial charge in [0.2, 0.25) is 0 Å². The zero-order chi connectivity index (χ0) is 17.0. The highest BCUT2D eigenvalue weighted by Crippen LogP contribution is 2.26. The van der Waals surface area contributed by atoms with Gasteiger partial charge in [0.25, 0.3) is 0 Å². The van der Waals surface area contributed by atoms with Crippen LogP contribution < -0.4 is 9.47 Å². The fraction of sp³-hybridized carbons (Fsp3) is 0.235. The van der Waals surface area contributed by atoms with Crippen LogP contribution in [0.15, 0.2) is 36.1 Å². The third-order valence-corrected chi connectivity index (χ3v) is 3.28. The number of allylic oxidation sites excluding steroid dienone is 3. The highest BCUT2D eigenvalue weighted by molar-refractivity contribution is 6.25. The molecule has 1 atom stereocenters. The number of benzene rings is 1. The third-order valence-electron chi connectivity index (χ3n) is 3.28. The first kappa shape index (κ1) is 16.5. The van der Waals surface area contributed by atoms with Crippen molar-refractivity contribution in [3.63, 3.8) is 0 Å². The molecule has 0 amide bonds. The fourth-order valence-electron chi connectivity index (χ4n) is 2.13. The minimum Gasteiger partial charge on any atom is -0.497 e. The lowest BCUT2D eigenvalue weighted by Gasteiger charge is -2.15. The topological polar surface area (TPSA) is 78.9 Å². The second-order valence-corrected chi connectivity index (χ2v) is 4.86. The molecule has 1 aliphatic rings. The summed E-state index contributed by atoms with van der Waals surface area (Å²) in [7, 11) is 3.02. The molecule has 0 radical (unpaired) electrons. The van der Waals surface area contributed by atoms with Gasteiger partial charge in [0, 0.05) is 17.7 Å². The first-order valence-corrected chi connectivity index (χ1v) is 6.84. The molecule has 120 valence electrons. The number of rotatable bonds is 5. The van der Waals surface area contributed by atoms with Gasteiger partial charge in [0.15, 0.2) is 17.5 Å². The Balaban J connectivity index is 2.22. The Kier molecular flexibility index (Phi) is 4.95. The average Bonchev–Trinajstić information content (AvgIpc) is 2.51. The summed E-state index contributed by atoms with van der Waals surface area (Å²) in [4.78, 5) is 35.6. The van der Waals surface area contributed by atoms with E-state index >= 15 is 0 Å². The van der Waals surface area contributed by atoms with E-state index in [-0.39, 0.29) is 5.76 Å². The highest BCUT2D eigenvalue weighted by Gasteiger charge is 2.36. The zero-order valence-corrected chi connectivity index (χ0v) is 13.0. The SMILES string of the molecule is COc1ccc(/C=C/C(=O)[C@H]2C(=O)C=C(C)OC2=O)c(OC)c1. The number of hydrogen-bond donors (Lipinski definition) is 0. The summed E-state index contributed by atoms with van der Waals surface area (Å²) in [6.45, 7) is 1.48. The molecule has 0 unspecified atom stereocenters. The van der Waals surface area contributed by atoms with Crippen LogP contribution in [-0.4, -0.2) is 31.8 Å². The van der Waals surface area contributed by atoms with Crippen LogP contribution in [0.2, 0.25) is 0 Å². The Bertz CT molecular complexity index is 714. The van der Waals surface area contributed by atoms with Crippen molar-refractivity contribution in [3.05, 3.63) is 41.7 Å². The molecule has 23 heavy (non-hydrogen) atoms. The van der Waals surface area contributed by atoms with Gasteiger partial charge in [-0.15, -0.1) is 0 Å². The predicted octanol–water partition coefficient (Wildman–Crippen LogP) is 1.93. The van der Waals surface area contributed by atoms with Crippen molar-refractivity contribution in [2.75, 3.05) is 14.2 Å². The van der Waals surface area contributed by atoms with Crippen LogP contribution in [0.3, 0.4) is 0 Å². The van der Waals surface area contributed by atoms with Gasteiger partial charge in [-0.2, -0.15) is 0 Å². The van der Waals surface area contributed by atoms with Crippen LogP contribution in [0.4, 0.5) is 0 Å². The summed E-state index contributed by atoms with van der Waals surface area (Å²) in [6, 6.07) is 5.07. The smallest absolute Gasteiger partial charge is 0.329 e. The molecule has 0 aromatic heterocycles. The minimum atomic E-state index is -1.45. The second kappa shape index (κ2) is 6.91. The maximum atomic E-state index is 12.1. The number of ketones is 2. The molecule has 6 nitrogen and oxygen atoms in total. The average molecular weight is 316 g/mol. The van der Waals surface area contributed by atoms with Gasteiger partial charge in [0.05, 0.1) is 14.2 Å². The Morgan fingerprint density at radius 1 is 1.22 bits per heavy atom. The van der Waals surface area contributed by atoms with E-state index in [4.69, 9.17) is 14.2 Å². The Hall–Kier alpha value is -2.89. The van der Waals surface area contributed by atoms with Crippen LogP contribution >= 0.6 is 0 Å². The number of ether oxygens (including phenoxy) is 3. The van der Waals surface area contributed by atoms with Gasteiger partial charge in [-0.1, -0.05) is 0 Å². The van der Waals surface area contributed by atoms with E-state index in [9.17, 15) is 14.4 Å². The molecule has 0 N–H and O–H groups in total. The van der Waals surface area contributed by atoms with Crippen LogP contribution in [0, 0.1) is 5.92 Å². The maximum absolute atomic E-state index is 12.1. The summed E-state index contributed by atoms with van der Waals surface area (Å²) < 4.78 is 15.1. The van der Waals surface area contributed by atoms with Crippen molar-refractivity contribution in [2.45, 2.75) is 6.92 Å². The van der Waals surface area contributed by atoms with Crippen LogP contribution in [0.1, 0.15) is 12.5 Å². The van der Waals surface area contributed by atoms with Crippen molar-refractivity contribution in [1.82, 2.24) is 0 Å². The monoisotopic (exact) mass is 316 g/mol. The van der Waals surface area contributed by atoms with Crippen molar-refractivity contribution < 1.29 is 28.6 Å². The minimum absolute atomic E-state index is 0.185. The van der Waals surface area contributed by atoms with Crippen molar-refractivity contribution in [1.29, 1.82) is 0 Å². The molecule has 2 rings (SSSR count). The zero-order valence-electron chi connectivity index (χ0n) is 13.0. The van der Waals surface area contributed by atoms with Crippen LogP contribution in [0.25, 0.3) is 6.08 Å². The molecule has 0 fully saturated rings. The highest BCUT2D eigenvalue weighted by atomic mass is 16.5.